The zero-order chi connectivity index (χ0) is 8.97. The third-order valence-electron chi connectivity index (χ3n) is 3.72. The fraction of sp³-hybridized carbons (Fsp3) is 1.00. The maximum Gasteiger partial charge on any atom is -0.0391 e. The van der Waals surface area contributed by atoms with Crippen molar-refractivity contribution < 1.29 is 0 Å². The molecule has 1 rings (SSSR count). The first-order valence-electron chi connectivity index (χ1n) is 5.74. The van der Waals surface area contributed by atoms with Crippen molar-refractivity contribution in [2.24, 2.45) is 17.8 Å². The lowest BCUT2D eigenvalue weighted by molar-refractivity contribution is 0.246. The summed E-state index contributed by atoms with van der Waals surface area (Å²) >= 11 is 0. The molecule has 3 unspecified atom stereocenters. The fourth-order valence-electron chi connectivity index (χ4n) is 2.55. The van der Waals surface area contributed by atoms with E-state index in [9.17, 15) is 0 Å². The van der Waals surface area contributed by atoms with Gasteiger partial charge in [-0.05, 0) is 17.8 Å². The zero-order valence-electron chi connectivity index (χ0n) is 8.97. The Morgan fingerprint density at radius 3 is 2.42 bits per heavy atom. The second-order valence-electron chi connectivity index (χ2n) is 4.76. The molecule has 0 spiro atoms. The van der Waals surface area contributed by atoms with Gasteiger partial charge in [0.15, 0.2) is 0 Å². The first-order chi connectivity index (χ1) is 5.74. The third kappa shape index (κ3) is 2.80. The van der Waals surface area contributed by atoms with Gasteiger partial charge >= 0.3 is 0 Å². The first-order valence-corrected chi connectivity index (χ1v) is 5.74. The lowest BCUT2D eigenvalue weighted by Crippen LogP contribution is -2.15. The van der Waals surface area contributed by atoms with Crippen LogP contribution in [-0.4, -0.2) is 0 Å². The van der Waals surface area contributed by atoms with Crippen LogP contribution in [0.2, 0.25) is 0 Å². The summed E-state index contributed by atoms with van der Waals surface area (Å²) in [7, 11) is 0. The molecule has 0 N–H and O–H groups in total. The number of hydrogen-bond acceptors (Lipinski definition) is 0. The molecule has 1 fully saturated rings. The highest BCUT2D eigenvalue weighted by molar-refractivity contribution is 4.70. The average molecular weight is 168 g/mol. The summed E-state index contributed by atoms with van der Waals surface area (Å²) in [6.07, 6.45) is 8.78. The maximum absolute atomic E-state index is 2.45. The molecule has 0 saturated heterocycles. The summed E-state index contributed by atoms with van der Waals surface area (Å²) in [5.41, 5.74) is 0. The van der Waals surface area contributed by atoms with Crippen LogP contribution in [0.15, 0.2) is 0 Å². The molecule has 1 saturated carbocycles. The zero-order valence-corrected chi connectivity index (χ0v) is 8.97. The standard InChI is InChI=1S/C12H24/c1-4-12-7-5-6-10(2)8-9-11(12)3/h10-12H,4-9H2,1-3H3. The second-order valence-corrected chi connectivity index (χ2v) is 4.76. The topological polar surface area (TPSA) is 0 Å². The van der Waals surface area contributed by atoms with Crippen molar-refractivity contribution in [1.29, 1.82) is 0 Å². The lowest BCUT2D eigenvalue weighted by atomic mass is 9.79. The van der Waals surface area contributed by atoms with E-state index in [1.165, 1.54) is 38.5 Å². The fourth-order valence-corrected chi connectivity index (χ4v) is 2.55. The molecule has 0 aliphatic heterocycles. The van der Waals surface area contributed by atoms with Gasteiger partial charge in [0.05, 0.1) is 0 Å². The van der Waals surface area contributed by atoms with Gasteiger partial charge in [-0.15, -0.1) is 0 Å². The van der Waals surface area contributed by atoms with Crippen LogP contribution in [0.5, 0.6) is 0 Å². The van der Waals surface area contributed by atoms with Crippen molar-refractivity contribution in [3.8, 4) is 0 Å². The van der Waals surface area contributed by atoms with E-state index in [2.05, 4.69) is 20.8 Å². The Morgan fingerprint density at radius 1 is 1.00 bits per heavy atom. The molecular formula is C12H24. The van der Waals surface area contributed by atoms with Gasteiger partial charge in [-0.25, -0.2) is 0 Å². The van der Waals surface area contributed by atoms with Gasteiger partial charge in [-0.1, -0.05) is 59.3 Å². The smallest absolute Gasteiger partial charge is 0.0391 e. The minimum Gasteiger partial charge on any atom is -0.0651 e. The molecule has 0 heterocycles. The van der Waals surface area contributed by atoms with E-state index < -0.39 is 0 Å². The van der Waals surface area contributed by atoms with Gasteiger partial charge in [0.1, 0.15) is 0 Å². The van der Waals surface area contributed by atoms with Crippen LogP contribution >= 0.6 is 0 Å². The van der Waals surface area contributed by atoms with Crippen molar-refractivity contribution in [2.75, 3.05) is 0 Å². The number of hydrogen-bond donors (Lipinski definition) is 0. The van der Waals surface area contributed by atoms with Crippen LogP contribution in [-0.2, 0) is 0 Å². The molecule has 1 aliphatic rings. The Labute approximate surface area is 77.7 Å². The highest BCUT2D eigenvalue weighted by Crippen LogP contribution is 2.31. The van der Waals surface area contributed by atoms with Crippen molar-refractivity contribution in [3.63, 3.8) is 0 Å². The Bertz CT molecular complexity index is 117. The van der Waals surface area contributed by atoms with Crippen LogP contribution < -0.4 is 0 Å². The van der Waals surface area contributed by atoms with Gasteiger partial charge in [-0.3, -0.25) is 0 Å². The molecule has 72 valence electrons. The largest absolute Gasteiger partial charge is 0.0651 e. The van der Waals surface area contributed by atoms with E-state index >= 15 is 0 Å². The van der Waals surface area contributed by atoms with Crippen LogP contribution in [0.1, 0.15) is 59.3 Å². The van der Waals surface area contributed by atoms with E-state index in [4.69, 9.17) is 0 Å². The normalized spacial score (nSPS) is 38.8. The molecule has 1 aliphatic carbocycles. The Balaban J connectivity index is 2.38. The molecule has 0 nitrogen and oxygen atoms in total. The summed E-state index contributed by atoms with van der Waals surface area (Å²) in [6.45, 7) is 7.22. The predicted octanol–water partition coefficient (Wildman–Crippen LogP) is 4.25. The molecule has 12 heavy (non-hydrogen) atoms. The Morgan fingerprint density at radius 2 is 1.75 bits per heavy atom. The van der Waals surface area contributed by atoms with E-state index in [-0.39, 0.29) is 0 Å². The minimum absolute atomic E-state index is 0.984. The maximum atomic E-state index is 2.45. The molecule has 0 radical (unpaired) electrons. The molecule has 0 heteroatoms. The van der Waals surface area contributed by atoms with Crippen molar-refractivity contribution in [1.82, 2.24) is 0 Å². The van der Waals surface area contributed by atoms with Crippen molar-refractivity contribution >= 4 is 0 Å². The van der Waals surface area contributed by atoms with Crippen LogP contribution in [0.4, 0.5) is 0 Å². The van der Waals surface area contributed by atoms with Crippen LogP contribution in [0.25, 0.3) is 0 Å². The van der Waals surface area contributed by atoms with Gasteiger partial charge in [0.25, 0.3) is 0 Å². The Hall–Kier alpha value is 0. The molecular weight excluding hydrogens is 144 g/mol. The van der Waals surface area contributed by atoms with E-state index in [1.54, 1.807) is 0 Å². The third-order valence-corrected chi connectivity index (χ3v) is 3.72. The first kappa shape index (κ1) is 10.1. The molecule has 3 atom stereocenters. The van der Waals surface area contributed by atoms with Gasteiger partial charge in [0, 0.05) is 0 Å². The van der Waals surface area contributed by atoms with E-state index in [0.717, 1.165) is 17.8 Å². The number of rotatable bonds is 1. The van der Waals surface area contributed by atoms with Crippen LogP contribution in [0, 0.1) is 17.8 Å². The quantitative estimate of drug-likeness (QED) is 0.549. The van der Waals surface area contributed by atoms with Crippen molar-refractivity contribution in [2.45, 2.75) is 59.3 Å². The molecule has 0 aromatic rings. The SMILES string of the molecule is CCC1CCCC(C)CCC1C. The van der Waals surface area contributed by atoms with Gasteiger partial charge in [0.2, 0.25) is 0 Å². The van der Waals surface area contributed by atoms with Crippen molar-refractivity contribution in [3.05, 3.63) is 0 Å². The molecule has 0 aromatic carbocycles. The summed E-state index contributed by atoms with van der Waals surface area (Å²) < 4.78 is 0. The highest BCUT2D eigenvalue weighted by atomic mass is 14.2. The average Bonchev–Trinajstić information content (AvgIpc) is 2.06. The second kappa shape index (κ2) is 4.89. The van der Waals surface area contributed by atoms with E-state index in [0.29, 0.717) is 0 Å². The highest BCUT2D eigenvalue weighted by Gasteiger charge is 2.19. The monoisotopic (exact) mass is 168 g/mol. The summed E-state index contributed by atoms with van der Waals surface area (Å²) in [4.78, 5) is 0. The summed E-state index contributed by atoms with van der Waals surface area (Å²) in [5.74, 6) is 3.00. The molecule has 0 aromatic heterocycles. The summed E-state index contributed by atoms with van der Waals surface area (Å²) in [5, 5.41) is 0. The van der Waals surface area contributed by atoms with Gasteiger partial charge in [-0.2, -0.15) is 0 Å². The minimum atomic E-state index is 0.984. The predicted molar refractivity (Wildman–Crippen MR) is 55.2 cm³/mol. The molecule has 0 amide bonds. The van der Waals surface area contributed by atoms with E-state index in [1.807, 2.05) is 0 Å². The lowest BCUT2D eigenvalue weighted by Gasteiger charge is -2.27. The Kier molecular flexibility index (Phi) is 4.11. The van der Waals surface area contributed by atoms with Gasteiger partial charge < -0.3 is 0 Å². The summed E-state index contributed by atoms with van der Waals surface area (Å²) in [6, 6.07) is 0. The molecule has 0 bridgehead atoms. The van der Waals surface area contributed by atoms with Crippen LogP contribution in [0.3, 0.4) is 0 Å².